The molecular formula is C14H17NOS. The Hall–Kier alpha value is -1.35. The van der Waals surface area contributed by atoms with E-state index in [2.05, 4.69) is 36.3 Å². The van der Waals surface area contributed by atoms with Crippen LogP contribution in [0, 0.1) is 0 Å². The molecule has 0 radical (unpaired) electrons. The summed E-state index contributed by atoms with van der Waals surface area (Å²) in [6, 6.07) is 6.36. The van der Waals surface area contributed by atoms with E-state index in [4.69, 9.17) is 4.74 Å². The minimum Gasteiger partial charge on any atom is -0.493 e. The van der Waals surface area contributed by atoms with Crippen molar-refractivity contribution in [1.82, 2.24) is 4.98 Å². The third-order valence-corrected chi connectivity index (χ3v) is 3.26. The largest absolute Gasteiger partial charge is 0.493 e. The fraction of sp³-hybridized carbons (Fsp3) is 0.357. The number of benzene rings is 1. The molecule has 0 fully saturated rings. The van der Waals surface area contributed by atoms with Crippen molar-refractivity contribution in [2.24, 2.45) is 0 Å². The van der Waals surface area contributed by atoms with Gasteiger partial charge in [-0.1, -0.05) is 19.9 Å². The van der Waals surface area contributed by atoms with Gasteiger partial charge in [0.1, 0.15) is 5.75 Å². The van der Waals surface area contributed by atoms with E-state index < -0.39 is 0 Å². The molecule has 0 aliphatic heterocycles. The molecule has 1 heterocycles. The lowest BCUT2D eigenvalue weighted by atomic mass is 9.99. The Morgan fingerprint density at radius 3 is 2.76 bits per heavy atom. The van der Waals surface area contributed by atoms with Gasteiger partial charge < -0.3 is 4.74 Å². The molecule has 0 aliphatic carbocycles. The van der Waals surface area contributed by atoms with E-state index >= 15 is 0 Å². The summed E-state index contributed by atoms with van der Waals surface area (Å²) in [5.74, 6) is 1.44. The van der Waals surface area contributed by atoms with Crippen molar-refractivity contribution in [2.75, 3.05) is 6.61 Å². The molecule has 0 amide bonds. The lowest BCUT2D eigenvalue weighted by Gasteiger charge is -2.12. The predicted octanol–water partition coefficient (Wildman–Crippen LogP) is 4.33. The highest BCUT2D eigenvalue weighted by molar-refractivity contribution is 7.07. The van der Waals surface area contributed by atoms with Gasteiger partial charge in [-0.3, -0.25) is 0 Å². The molecule has 0 N–H and O–H groups in total. The topological polar surface area (TPSA) is 22.1 Å². The van der Waals surface area contributed by atoms with E-state index in [1.807, 2.05) is 18.5 Å². The highest BCUT2D eigenvalue weighted by atomic mass is 32.1. The fourth-order valence-electron chi connectivity index (χ4n) is 1.73. The maximum Gasteiger partial charge on any atom is 0.128 e. The van der Waals surface area contributed by atoms with E-state index in [0.29, 0.717) is 12.5 Å². The maximum absolute atomic E-state index is 5.66. The fourth-order valence-corrected chi connectivity index (χ4v) is 2.29. The van der Waals surface area contributed by atoms with Crippen LogP contribution in [0.1, 0.15) is 32.3 Å². The SMILES string of the molecule is CCOc1ccc(C(C)C)cc1-c1cscn1. The Morgan fingerprint density at radius 1 is 1.35 bits per heavy atom. The van der Waals surface area contributed by atoms with Crippen LogP contribution in [-0.2, 0) is 0 Å². The van der Waals surface area contributed by atoms with Crippen LogP contribution in [0.25, 0.3) is 11.3 Å². The molecule has 0 atom stereocenters. The normalized spacial score (nSPS) is 10.8. The van der Waals surface area contributed by atoms with Crippen molar-refractivity contribution in [1.29, 1.82) is 0 Å². The number of aromatic nitrogens is 1. The first kappa shape index (κ1) is 12.1. The standard InChI is InChI=1S/C14H17NOS/c1-4-16-14-6-5-11(10(2)3)7-12(14)13-8-17-9-15-13/h5-10H,4H2,1-3H3. The molecule has 90 valence electrons. The zero-order valence-electron chi connectivity index (χ0n) is 10.4. The van der Waals surface area contributed by atoms with E-state index in [1.165, 1.54) is 5.56 Å². The van der Waals surface area contributed by atoms with E-state index in [-0.39, 0.29) is 0 Å². The molecule has 17 heavy (non-hydrogen) atoms. The van der Waals surface area contributed by atoms with Gasteiger partial charge >= 0.3 is 0 Å². The molecule has 0 bridgehead atoms. The van der Waals surface area contributed by atoms with Crippen LogP contribution in [0.2, 0.25) is 0 Å². The molecule has 0 unspecified atom stereocenters. The first-order chi connectivity index (χ1) is 8.22. The molecule has 3 heteroatoms. The zero-order valence-corrected chi connectivity index (χ0v) is 11.3. The van der Waals surface area contributed by atoms with Crippen LogP contribution < -0.4 is 4.74 Å². The van der Waals surface area contributed by atoms with Crippen molar-refractivity contribution in [3.63, 3.8) is 0 Å². The smallest absolute Gasteiger partial charge is 0.128 e. The van der Waals surface area contributed by atoms with Crippen LogP contribution >= 0.6 is 11.3 Å². The van der Waals surface area contributed by atoms with Crippen LogP contribution in [-0.4, -0.2) is 11.6 Å². The third kappa shape index (κ3) is 2.67. The summed E-state index contributed by atoms with van der Waals surface area (Å²) in [5.41, 5.74) is 5.27. The zero-order chi connectivity index (χ0) is 12.3. The Morgan fingerprint density at radius 2 is 2.18 bits per heavy atom. The highest BCUT2D eigenvalue weighted by Crippen LogP contribution is 2.32. The summed E-state index contributed by atoms with van der Waals surface area (Å²) in [6.07, 6.45) is 0. The van der Waals surface area contributed by atoms with Gasteiger partial charge in [0.2, 0.25) is 0 Å². The number of nitrogens with zero attached hydrogens (tertiary/aromatic N) is 1. The van der Waals surface area contributed by atoms with Crippen LogP contribution in [0.5, 0.6) is 5.75 Å². The number of hydrogen-bond acceptors (Lipinski definition) is 3. The quantitative estimate of drug-likeness (QED) is 0.802. The van der Waals surface area contributed by atoms with E-state index in [1.54, 1.807) is 11.3 Å². The average molecular weight is 247 g/mol. The average Bonchev–Trinajstić information content (AvgIpc) is 2.83. The van der Waals surface area contributed by atoms with Gasteiger partial charge in [0, 0.05) is 10.9 Å². The second-order valence-electron chi connectivity index (χ2n) is 4.22. The van der Waals surface area contributed by atoms with Crippen LogP contribution in [0.15, 0.2) is 29.1 Å². The van der Waals surface area contributed by atoms with Gasteiger partial charge in [0.25, 0.3) is 0 Å². The Kier molecular flexibility index (Phi) is 3.79. The lowest BCUT2D eigenvalue weighted by Crippen LogP contribution is -1.96. The van der Waals surface area contributed by atoms with Crippen molar-refractivity contribution < 1.29 is 4.74 Å². The van der Waals surface area contributed by atoms with E-state index in [0.717, 1.165) is 17.0 Å². The van der Waals surface area contributed by atoms with Gasteiger partial charge in [0.15, 0.2) is 0 Å². The Bertz CT molecular complexity index is 477. The van der Waals surface area contributed by atoms with Gasteiger partial charge in [-0.25, -0.2) is 4.98 Å². The third-order valence-electron chi connectivity index (χ3n) is 2.68. The van der Waals surface area contributed by atoms with Crippen molar-refractivity contribution >= 4 is 11.3 Å². The summed E-state index contributed by atoms with van der Waals surface area (Å²) < 4.78 is 5.66. The molecule has 2 nitrogen and oxygen atoms in total. The van der Waals surface area contributed by atoms with Gasteiger partial charge in [-0.2, -0.15) is 0 Å². The molecular weight excluding hydrogens is 230 g/mol. The number of rotatable bonds is 4. The molecule has 1 aromatic carbocycles. The van der Waals surface area contributed by atoms with E-state index in [9.17, 15) is 0 Å². The maximum atomic E-state index is 5.66. The molecule has 0 saturated carbocycles. The van der Waals surface area contributed by atoms with Gasteiger partial charge in [-0.15, -0.1) is 11.3 Å². The predicted molar refractivity (Wildman–Crippen MR) is 72.8 cm³/mol. The monoisotopic (exact) mass is 247 g/mol. The first-order valence-corrected chi connectivity index (χ1v) is 6.82. The lowest BCUT2D eigenvalue weighted by molar-refractivity contribution is 0.341. The summed E-state index contributed by atoms with van der Waals surface area (Å²) in [7, 11) is 0. The molecule has 0 saturated heterocycles. The van der Waals surface area contributed by atoms with Crippen molar-refractivity contribution in [3.8, 4) is 17.0 Å². The number of hydrogen-bond donors (Lipinski definition) is 0. The molecule has 1 aromatic heterocycles. The van der Waals surface area contributed by atoms with Gasteiger partial charge in [-0.05, 0) is 30.5 Å². The summed E-state index contributed by atoms with van der Waals surface area (Å²) in [5, 5.41) is 2.06. The Labute approximate surface area is 106 Å². The summed E-state index contributed by atoms with van der Waals surface area (Å²) >= 11 is 1.61. The number of thiazole rings is 1. The molecule has 2 aromatic rings. The van der Waals surface area contributed by atoms with Crippen LogP contribution in [0.4, 0.5) is 0 Å². The van der Waals surface area contributed by atoms with Gasteiger partial charge in [0.05, 0.1) is 17.8 Å². The minimum atomic E-state index is 0.517. The van der Waals surface area contributed by atoms with Crippen molar-refractivity contribution in [3.05, 3.63) is 34.7 Å². The molecule has 2 rings (SSSR count). The van der Waals surface area contributed by atoms with Crippen molar-refractivity contribution in [2.45, 2.75) is 26.7 Å². The minimum absolute atomic E-state index is 0.517. The molecule has 0 spiro atoms. The second-order valence-corrected chi connectivity index (χ2v) is 4.94. The second kappa shape index (κ2) is 5.32. The highest BCUT2D eigenvalue weighted by Gasteiger charge is 2.10. The first-order valence-electron chi connectivity index (χ1n) is 5.87. The number of ether oxygens (including phenoxy) is 1. The summed E-state index contributed by atoms with van der Waals surface area (Å²) in [4.78, 5) is 4.37. The Balaban J connectivity index is 2.48. The summed E-state index contributed by atoms with van der Waals surface area (Å²) in [6.45, 7) is 7.07. The molecule has 0 aliphatic rings. The van der Waals surface area contributed by atoms with Crippen LogP contribution in [0.3, 0.4) is 0 Å².